The molecule has 0 bridgehead atoms. The Morgan fingerprint density at radius 3 is 2.39 bits per heavy atom. The summed E-state index contributed by atoms with van der Waals surface area (Å²) in [5.41, 5.74) is 9.51. The van der Waals surface area contributed by atoms with Crippen LogP contribution in [-0.4, -0.2) is 68.3 Å². The number of nitrogens with two attached hydrogens (primary N) is 1. The van der Waals surface area contributed by atoms with Crippen molar-refractivity contribution < 1.29 is 16.4 Å². The van der Waals surface area contributed by atoms with Crippen molar-refractivity contribution in [2.75, 3.05) is 48.3 Å². The molecule has 1 fully saturated rings. The van der Waals surface area contributed by atoms with Gasteiger partial charge in [-0.05, 0) is 85.8 Å². The van der Waals surface area contributed by atoms with Gasteiger partial charge in [0.05, 0.1) is 0 Å². The van der Waals surface area contributed by atoms with Gasteiger partial charge in [0, 0.05) is 68.6 Å². The van der Waals surface area contributed by atoms with Crippen LogP contribution in [0.2, 0.25) is 5.02 Å². The van der Waals surface area contributed by atoms with E-state index in [1.165, 1.54) is 11.9 Å². The molecule has 1 saturated heterocycles. The Morgan fingerprint density at radius 2 is 1.79 bits per heavy atom. The molecule has 1 amide bonds. The van der Waals surface area contributed by atoms with E-state index in [4.69, 9.17) is 17.3 Å². The maximum Gasteiger partial charge on any atom is 0.245 e. The molecule has 3 aromatic rings. The van der Waals surface area contributed by atoms with E-state index in [0.717, 1.165) is 54.6 Å². The average Bonchev–Trinajstić information content (AvgIpc) is 2.92. The van der Waals surface area contributed by atoms with Gasteiger partial charge in [-0.2, -0.15) is 0 Å². The zero-order valence-corrected chi connectivity index (χ0v) is 23.1. The second-order valence-corrected chi connectivity index (χ2v) is 10.7. The first-order valence-electron chi connectivity index (χ1n) is 12.5. The highest BCUT2D eigenvalue weighted by Crippen LogP contribution is 2.31. The van der Waals surface area contributed by atoms with Gasteiger partial charge < -0.3 is 25.0 Å². The molecule has 1 unspecified atom stereocenters. The minimum Gasteiger partial charge on any atom is -0.768 e. The number of aryl methyl sites for hydroxylation is 2. The van der Waals surface area contributed by atoms with E-state index in [1.807, 2.05) is 49.1 Å². The van der Waals surface area contributed by atoms with Crippen LogP contribution in [0, 0.1) is 6.92 Å². The predicted octanol–water partition coefficient (Wildman–Crippen LogP) is 3.93. The number of rotatable bonds is 4. The average molecular weight is 560 g/mol. The summed E-state index contributed by atoms with van der Waals surface area (Å²) in [6, 6.07) is 14.3. The Bertz CT molecular complexity index is 1280. The smallest absolute Gasteiger partial charge is 0.245 e. The van der Waals surface area contributed by atoms with Crippen molar-refractivity contribution in [1.82, 2.24) is 14.9 Å². The first kappa shape index (κ1) is 27.8. The van der Waals surface area contributed by atoms with Gasteiger partial charge in [-0.15, -0.1) is 0 Å². The number of aromatic nitrogens is 2. The van der Waals surface area contributed by atoms with E-state index in [2.05, 4.69) is 19.8 Å². The molecule has 0 spiro atoms. The molecule has 2 N–H and O–H groups in total. The molecule has 0 aliphatic carbocycles. The fourth-order valence-electron chi connectivity index (χ4n) is 4.82. The number of anilines is 3. The lowest BCUT2D eigenvalue weighted by Crippen LogP contribution is -2.55. The van der Waals surface area contributed by atoms with Gasteiger partial charge in [0.1, 0.15) is 18.2 Å². The molecule has 9 nitrogen and oxygen atoms in total. The standard InChI is InChI=1S/C22H26ClN3O3S.C5H7N3.2H2/c1-16(26-10-2-3-17-15-18(23)4-9-21(17)26)22(27)25-13-11-24(12-14-25)19-5-7-20(8-6-19)30(28)29;1-4-2-5(6)8-3-7-4;;/h4-9,15-16H,2-3,10-14H2,1H3,(H,28,29);2-3H,1H3,(H2,6,7,8);2*1H/p-1/t16-;;;/m1.../s1. The lowest BCUT2D eigenvalue weighted by Gasteiger charge is -2.41. The molecule has 38 heavy (non-hydrogen) atoms. The normalized spacial score (nSPS) is 16.7. The third kappa shape index (κ3) is 6.80. The minimum atomic E-state index is -2.21. The molecule has 2 aliphatic rings. The Kier molecular flexibility index (Phi) is 9.19. The topological polar surface area (TPSA) is 119 Å². The van der Waals surface area contributed by atoms with Gasteiger partial charge in [0.15, 0.2) is 0 Å². The van der Waals surface area contributed by atoms with Gasteiger partial charge in [-0.25, -0.2) is 9.97 Å². The third-order valence-electron chi connectivity index (χ3n) is 6.83. The number of nitrogen functional groups attached to an aromatic ring is 1. The van der Waals surface area contributed by atoms with Crippen LogP contribution in [0.4, 0.5) is 17.2 Å². The summed E-state index contributed by atoms with van der Waals surface area (Å²) in [6.07, 6.45) is 3.46. The molecule has 1 aromatic heterocycles. The number of piperazine rings is 1. The van der Waals surface area contributed by atoms with E-state index in [1.54, 1.807) is 18.2 Å². The van der Waals surface area contributed by atoms with Crippen LogP contribution in [0.5, 0.6) is 0 Å². The van der Waals surface area contributed by atoms with Crippen LogP contribution in [0.3, 0.4) is 0 Å². The van der Waals surface area contributed by atoms with Crippen molar-refractivity contribution in [2.24, 2.45) is 0 Å². The summed E-state index contributed by atoms with van der Waals surface area (Å²) >= 11 is 3.93. The van der Waals surface area contributed by atoms with Gasteiger partial charge in [-0.1, -0.05) is 11.6 Å². The summed E-state index contributed by atoms with van der Waals surface area (Å²) in [6.45, 7) is 7.49. The van der Waals surface area contributed by atoms with Crippen LogP contribution >= 0.6 is 11.6 Å². The highest BCUT2D eigenvalue weighted by molar-refractivity contribution is 7.79. The van der Waals surface area contributed by atoms with Gasteiger partial charge in [-0.3, -0.25) is 9.00 Å². The maximum absolute atomic E-state index is 13.2. The number of carbonyl (C=O) groups is 1. The fraction of sp³-hybridized carbons (Fsp3) is 0.370. The van der Waals surface area contributed by atoms with Crippen molar-refractivity contribution in [3.8, 4) is 0 Å². The Labute approximate surface area is 233 Å². The Morgan fingerprint density at radius 1 is 1.08 bits per heavy atom. The maximum atomic E-state index is 13.2. The molecule has 5 rings (SSSR count). The Balaban J connectivity index is 0.000000485. The van der Waals surface area contributed by atoms with Crippen LogP contribution < -0.4 is 15.5 Å². The molecule has 0 saturated carbocycles. The van der Waals surface area contributed by atoms with Crippen molar-refractivity contribution in [1.29, 1.82) is 0 Å². The second-order valence-electron chi connectivity index (χ2n) is 9.37. The quantitative estimate of drug-likeness (QED) is 0.478. The van der Waals surface area contributed by atoms with Crippen LogP contribution in [0.15, 0.2) is 59.8 Å². The van der Waals surface area contributed by atoms with E-state index < -0.39 is 11.1 Å². The number of carbonyl (C=O) groups excluding carboxylic acids is 1. The minimum absolute atomic E-state index is 0. The summed E-state index contributed by atoms with van der Waals surface area (Å²) < 4.78 is 22.1. The predicted molar refractivity (Wildman–Crippen MR) is 154 cm³/mol. The zero-order valence-electron chi connectivity index (χ0n) is 21.5. The van der Waals surface area contributed by atoms with Crippen LogP contribution in [-0.2, 0) is 22.3 Å². The molecular formula is C27H36ClN6O3S-. The SMILES string of the molecule is C[C@H](C(=O)N1CCN(c2ccc(S(=O)[O-])cc2)CC1)N1CCCc2cc(Cl)ccc21.Cc1cc(N)ncn1.[HH].[HH]. The molecule has 2 atom stereocenters. The largest absolute Gasteiger partial charge is 0.768 e. The number of nitrogens with zero attached hydrogens (tertiary/aromatic N) is 5. The summed E-state index contributed by atoms with van der Waals surface area (Å²) in [5, 5.41) is 0.736. The lowest BCUT2D eigenvalue weighted by molar-refractivity contribution is -0.132. The monoisotopic (exact) mass is 559 g/mol. The number of halogens is 1. The zero-order chi connectivity index (χ0) is 27.2. The molecule has 2 aromatic carbocycles. The number of amides is 1. The first-order valence-corrected chi connectivity index (χ1v) is 14.0. The van der Waals surface area contributed by atoms with Gasteiger partial charge >= 0.3 is 0 Å². The number of fused-ring (bicyclic) bond motifs is 1. The van der Waals surface area contributed by atoms with E-state index >= 15 is 0 Å². The van der Waals surface area contributed by atoms with E-state index in [-0.39, 0.29) is 19.7 Å². The molecule has 3 heterocycles. The summed E-state index contributed by atoms with van der Waals surface area (Å²) in [5.74, 6) is 0.673. The van der Waals surface area contributed by atoms with Crippen LogP contribution in [0.25, 0.3) is 0 Å². The molecule has 2 aliphatic heterocycles. The van der Waals surface area contributed by atoms with E-state index in [0.29, 0.717) is 18.9 Å². The number of benzene rings is 2. The van der Waals surface area contributed by atoms with E-state index in [9.17, 15) is 13.6 Å². The first-order chi connectivity index (χ1) is 18.2. The van der Waals surface area contributed by atoms with Crippen LogP contribution in [0.1, 0.15) is 27.5 Å². The van der Waals surface area contributed by atoms with Crippen molar-refractivity contribution >= 4 is 45.8 Å². The van der Waals surface area contributed by atoms with Gasteiger partial charge in [0.2, 0.25) is 5.91 Å². The highest BCUT2D eigenvalue weighted by atomic mass is 35.5. The fourth-order valence-corrected chi connectivity index (χ4v) is 5.38. The summed E-state index contributed by atoms with van der Waals surface area (Å²) in [7, 11) is 0. The highest BCUT2D eigenvalue weighted by Gasteiger charge is 2.31. The molecular weight excluding hydrogens is 524 g/mol. The number of hydrogen-bond donors (Lipinski definition) is 1. The van der Waals surface area contributed by atoms with Crippen molar-refractivity contribution in [3.63, 3.8) is 0 Å². The number of hydrogen-bond acceptors (Lipinski definition) is 8. The van der Waals surface area contributed by atoms with Crippen molar-refractivity contribution in [2.45, 2.75) is 37.6 Å². The summed E-state index contributed by atoms with van der Waals surface area (Å²) in [4.78, 5) is 27.4. The Hall–Kier alpha value is -3.21. The lowest BCUT2D eigenvalue weighted by atomic mass is 10.00. The molecule has 11 heteroatoms. The molecule has 206 valence electrons. The van der Waals surface area contributed by atoms with Crippen molar-refractivity contribution in [3.05, 3.63) is 71.1 Å². The second kappa shape index (κ2) is 12.6. The van der Waals surface area contributed by atoms with Gasteiger partial charge in [0.25, 0.3) is 0 Å². The molecule has 0 radical (unpaired) electrons. The third-order valence-corrected chi connectivity index (χ3v) is 7.72.